The molecule has 12 heteroatoms. The zero-order chi connectivity index (χ0) is 26.0. The smallest absolute Gasteiger partial charge is 0.280 e. The van der Waals surface area contributed by atoms with Gasteiger partial charge in [0.05, 0.1) is 25.8 Å². The Morgan fingerprint density at radius 3 is 2.54 bits per heavy atom. The van der Waals surface area contributed by atoms with Gasteiger partial charge in [0, 0.05) is 31.2 Å². The quantitative estimate of drug-likeness (QED) is 0.554. The summed E-state index contributed by atoms with van der Waals surface area (Å²) in [6.45, 7) is -0.208. The first-order valence-electron chi connectivity index (χ1n) is 12.7. The van der Waals surface area contributed by atoms with E-state index in [1.807, 2.05) is 17.0 Å². The van der Waals surface area contributed by atoms with Crippen LogP contribution < -0.4 is 9.62 Å². The number of nitrogens with one attached hydrogen (secondary N) is 1. The van der Waals surface area contributed by atoms with Crippen molar-refractivity contribution in [3.05, 3.63) is 54.0 Å². The molecule has 2 aliphatic heterocycles. The van der Waals surface area contributed by atoms with Crippen LogP contribution >= 0.6 is 0 Å². The van der Waals surface area contributed by atoms with Crippen LogP contribution in [0.15, 0.2) is 42.6 Å². The van der Waals surface area contributed by atoms with Crippen LogP contribution in [0.4, 0.5) is 19.0 Å². The van der Waals surface area contributed by atoms with Crippen LogP contribution in [-0.2, 0) is 14.9 Å². The summed E-state index contributed by atoms with van der Waals surface area (Å²) in [5, 5.41) is 8.11. The lowest BCUT2D eigenvalue weighted by atomic mass is 9.82. The van der Waals surface area contributed by atoms with Crippen LogP contribution in [0.25, 0.3) is 0 Å². The first-order chi connectivity index (χ1) is 17.7. The molecule has 1 aromatic carbocycles. The van der Waals surface area contributed by atoms with Gasteiger partial charge in [0.15, 0.2) is 5.82 Å². The van der Waals surface area contributed by atoms with E-state index in [4.69, 9.17) is 4.74 Å². The third-order valence-corrected chi connectivity index (χ3v) is 9.15. The van der Waals surface area contributed by atoms with Gasteiger partial charge in [0.25, 0.3) is 16.1 Å². The van der Waals surface area contributed by atoms with Crippen molar-refractivity contribution in [2.75, 3.05) is 37.7 Å². The highest BCUT2D eigenvalue weighted by atomic mass is 32.2. The number of hydrogen-bond donors (Lipinski definition) is 1. The van der Waals surface area contributed by atoms with Crippen LogP contribution in [0, 0.1) is 11.7 Å². The summed E-state index contributed by atoms with van der Waals surface area (Å²) in [7, 11) is -4.02. The molecule has 2 saturated heterocycles. The van der Waals surface area contributed by atoms with Crippen molar-refractivity contribution < 1.29 is 26.3 Å². The van der Waals surface area contributed by atoms with Crippen molar-refractivity contribution >= 4 is 16.0 Å². The van der Waals surface area contributed by atoms with E-state index < -0.39 is 35.3 Å². The van der Waals surface area contributed by atoms with Gasteiger partial charge in [0.2, 0.25) is 0 Å². The molecule has 0 amide bonds. The van der Waals surface area contributed by atoms with E-state index in [1.165, 1.54) is 6.07 Å². The van der Waals surface area contributed by atoms with Crippen LogP contribution in [0.3, 0.4) is 0 Å². The minimum absolute atomic E-state index is 0.0306. The Labute approximate surface area is 215 Å². The van der Waals surface area contributed by atoms with Crippen molar-refractivity contribution in [3.63, 3.8) is 0 Å². The number of piperidine rings is 1. The summed E-state index contributed by atoms with van der Waals surface area (Å²) in [6.07, 6.45) is 5.56. The highest BCUT2D eigenvalue weighted by molar-refractivity contribution is 7.87. The maximum Gasteiger partial charge on any atom is 0.280 e. The monoisotopic (exact) mass is 539 g/mol. The molecule has 1 aliphatic carbocycles. The summed E-state index contributed by atoms with van der Waals surface area (Å²) in [6, 6.07) is 9.94. The van der Waals surface area contributed by atoms with Crippen molar-refractivity contribution in [1.82, 2.24) is 19.2 Å². The number of anilines is 1. The molecule has 1 saturated carbocycles. The lowest BCUT2D eigenvalue weighted by Gasteiger charge is -2.42. The summed E-state index contributed by atoms with van der Waals surface area (Å²) < 4.78 is 75.5. The SMILES string of the molecule is O=S(=O)(N[C@H]1CCN(c2cccnn2)CC1COC1CCC(c2cccc(F)c2)CC1)N1CC(F)(F)C1. The molecule has 3 fully saturated rings. The molecule has 0 radical (unpaired) electrons. The van der Waals surface area contributed by atoms with Gasteiger partial charge in [-0.1, -0.05) is 12.1 Å². The molecule has 5 rings (SSSR count). The molecule has 3 aliphatic rings. The molecule has 2 aromatic rings. The van der Waals surface area contributed by atoms with Crippen molar-refractivity contribution in [2.24, 2.45) is 5.92 Å². The first kappa shape index (κ1) is 26.3. The van der Waals surface area contributed by atoms with E-state index >= 15 is 0 Å². The normalized spacial score (nSPS) is 28.6. The number of rotatable bonds is 8. The fourth-order valence-corrected chi connectivity index (χ4v) is 7.07. The van der Waals surface area contributed by atoms with Gasteiger partial charge < -0.3 is 9.64 Å². The van der Waals surface area contributed by atoms with Crippen LogP contribution in [0.5, 0.6) is 0 Å². The average Bonchev–Trinajstić information content (AvgIpc) is 2.87. The number of nitrogens with zero attached hydrogens (tertiary/aromatic N) is 4. The van der Waals surface area contributed by atoms with Gasteiger partial charge in [-0.25, -0.2) is 13.2 Å². The van der Waals surface area contributed by atoms with E-state index in [9.17, 15) is 21.6 Å². The molecule has 2 atom stereocenters. The van der Waals surface area contributed by atoms with Crippen molar-refractivity contribution in [3.8, 4) is 0 Å². The average molecular weight is 540 g/mol. The summed E-state index contributed by atoms with van der Waals surface area (Å²) in [5.74, 6) is -2.40. The van der Waals surface area contributed by atoms with Crippen LogP contribution in [-0.4, -0.2) is 73.8 Å². The predicted octanol–water partition coefficient (Wildman–Crippen LogP) is 3.34. The number of hydrogen-bond acceptors (Lipinski definition) is 6. The fraction of sp³-hybridized carbons (Fsp3) is 0.600. The molecule has 8 nitrogen and oxygen atoms in total. The topological polar surface area (TPSA) is 87.7 Å². The Kier molecular flexibility index (Phi) is 7.71. The molecule has 37 heavy (non-hydrogen) atoms. The van der Waals surface area contributed by atoms with Crippen molar-refractivity contribution in [1.29, 1.82) is 0 Å². The third kappa shape index (κ3) is 6.42. The minimum Gasteiger partial charge on any atom is -0.378 e. The highest BCUT2D eigenvalue weighted by Gasteiger charge is 2.50. The van der Waals surface area contributed by atoms with Gasteiger partial charge in [-0.2, -0.15) is 22.5 Å². The second kappa shape index (κ2) is 10.8. The first-order valence-corrected chi connectivity index (χ1v) is 14.2. The van der Waals surface area contributed by atoms with E-state index in [0.717, 1.165) is 35.6 Å². The molecule has 1 unspecified atom stereocenters. The van der Waals surface area contributed by atoms with Gasteiger partial charge in [-0.15, -0.1) is 5.10 Å². The Bertz CT molecular complexity index is 1160. The largest absolute Gasteiger partial charge is 0.378 e. The Morgan fingerprint density at radius 2 is 1.86 bits per heavy atom. The third-order valence-electron chi connectivity index (χ3n) is 7.61. The summed E-state index contributed by atoms with van der Waals surface area (Å²) in [5.41, 5.74) is 1.01. The number of ether oxygens (including phenoxy) is 1. The maximum atomic E-state index is 13.6. The van der Waals surface area contributed by atoms with E-state index in [-0.39, 0.29) is 17.8 Å². The predicted molar refractivity (Wildman–Crippen MR) is 132 cm³/mol. The van der Waals surface area contributed by atoms with Crippen LogP contribution in [0.1, 0.15) is 43.6 Å². The Hall–Kier alpha value is -2.28. The molecule has 0 bridgehead atoms. The number of halogens is 3. The molecule has 3 heterocycles. The fourth-order valence-electron chi connectivity index (χ4n) is 5.51. The number of benzene rings is 1. The highest BCUT2D eigenvalue weighted by Crippen LogP contribution is 2.35. The van der Waals surface area contributed by atoms with Gasteiger partial charge in [-0.05, 0) is 67.9 Å². The number of alkyl halides is 2. The lowest BCUT2D eigenvalue weighted by molar-refractivity contribution is -0.0952. The molecule has 1 aromatic heterocycles. The molecule has 1 N–H and O–H groups in total. The zero-order valence-electron chi connectivity index (χ0n) is 20.5. The molecular weight excluding hydrogens is 507 g/mol. The van der Waals surface area contributed by atoms with Gasteiger partial charge in [0.1, 0.15) is 5.82 Å². The van der Waals surface area contributed by atoms with E-state index in [2.05, 4.69) is 14.9 Å². The summed E-state index contributed by atoms with van der Waals surface area (Å²) >= 11 is 0. The van der Waals surface area contributed by atoms with Crippen LogP contribution in [0.2, 0.25) is 0 Å². The lowest BCUT2D eigenvalue weighted by Crippen LogP contribution is -2.63. The minimum atomic E-state index is -4.02. The summed E-state index contributed by atoms with van der Waals surface area (Å²) in [4.78, 5) is 2.05. The van der Waals surface area contributed by atoms with Gasteiger partial charge >= 0.3 is 0 Å². The molecule has 0 spiro atoms. The van der Waals surface area contributed by atoms with Crippen molar-refractivity contribution in [2.45, 2.75) is 56.1 Å². The zero-order valence-corrected chi connectivity index (χ0v) is 21.3. The second-order valence-electron chi connectivity index (χ2n) is 10.3. The van der Waals surface area contributed by atoms with Gasteiger partial charge in [-0.3, -0.25) is 0 Å². The maximum absolute atomic E-state index is 13.6. The molecular formula is C25H32F3N5O3S. The molecule has 202 valence electrons. The number of aromatic nitrogens is 2. The van der Waals surface area contributed by atoms with E-state index in [1.54, 1.807) is 24.4 Å². The Morgan fingerprint density at radius 1 is 1.08 bits per heavy atom. The van der Waals surface area contributed by atoms with E-state index in [0.29, 0.717) is 37.9 Å². The Balaban J connectivity index is 1.20. The second-order valence-corrected chi connectivity index (χ2v) is 12.0. The standard InChI is InChI=1S/C25H32F3N5O3S/c26-21-4-1-3-19(13-21)18-6-8-22(9-7-18)36-15-20-14-32(24-5-2-11-29-30-24)12-10-23(20)31-37(34,35)33-16-25(27,28)17-33/h1-5,11,13,18,20,22-23,31H,6-10,12,14-17H2/t18?,20?,22?,23-/m0/s1.